The highest BCUT2D eigenvalue weighted by atomic mass is 35.5. The van der Waals surface area contributed by atoms with Crippen molar-refractivity contribution >= 4 is 11.6 Å². The third-order valence-corrected chi connectivity index (χ3v) is 2.66. The molecule has 0 bridgehead atoms. The number of halogens is 1. The summed E-state index contributed by atoms with van der Waals surface area (Å²) in [5.41, 5.74) is 1.02. The summed E-state index contributed by atoms with van der Waals surface area (Å²) in [5, 5.41) is 3.84. The summed E-state index contributed by atoms with van der Waals surface area (Å²) in [4.78, 5) is 12.2. The third kappa shape index (κ3) is 4.75. The van der Waals surface area contributed by atoms with E-state index in [4.69, 9.17) is 16.3 Å². The van der Waals surface area contributed by atoms with Gasteiger partial charge in [-0.1, -0.05) is 25.4 Å². The third-order valence-electron chi connectivity index (χ3n) is 2.45. The summed E-state index contributed by atoms with van der Waals surface area (Å²) >= 11 is 5.83. The molecule has 0 radical (unpaired) electrons. The molecule has 0 atom stereocenters. The zero-order chi connectivity index (χ0) is 14.4. The lowest BCUT2D eigenvalue weighted by Crippen LogP contribution is -2.19. The van der Waals surface area contributed by atoms with Crippen molar-refractivity contribution in [3.63, 3.8) is 0 Å². The zero-order valence-electron chi connectivity index (χ0n) is 11.5. The summed E-state index contributed by atoms with van der Waals surface area (Å²) in [6.45, 7) is 6.04. The molecule has 20 heavy (non-hydrogen) atoms. The second-order valence-electron chi connectivity index (χ2n) is 4.84. The first-order valence-electron chi connectivity index (χ1n) is 6.43. The molecule has 2 heterocycles. The Hall–Kier alpha value is -1.72. The van der Waals surface area contributed by atoms with Crippen LogP contribution in [0.1, 0.15) is 19.4 Å². The maximum atomic E-state index is 5.83. The molecule has 0 fully saturated rings. The van der Waals surface area contributed by atoms with Crippen molar-refractivity contribution in [1.82, 2.24) is 20.3 Å². The Labute approximate surface area is 123 Å². The van der Waals surface area contributed by atoms with Gasteiger partial charge in [-0.05, 0) is 12.5 Å². The fourth-order valence-corrected chi connectivity index (χ4v) is 1.71. The van der Waals surface area contributed by atoms with Gasteiger partial charge < -0.3 is 10.1 Å². The highest BCUT2D eigenvalue weighted by Crippen LogP contribution is 2.19. The molecular formula is C14H17ClN4O. The molecule has 2 aromatic rings. The van der Waals surface area contributed by atoms with Crippen molar-refractivity contribution in [1.29, 1.82) is 0 Å². The van der Waals surface area contributed by atoms with Gasteiger partial charge in [0.25, 0.3) is 0 Å². The summed E-state index contributed by atoms with van der Waals surface area (Å²) < 4.78 is 5.47. The molecule has 2 aromatic heterocycles. The van der Waals surface area contributed by atoms with Crippen LogP contribution < -0.4 is 10.1 Å². The number of aromatic nitrogens is 3. The van der Waals surface area contributed by atoms with E-state index >= 15 is 0 Å². The van der Waals surface area contributed by atoms with Gasteiger partial charge in [0, 0.05) is 36.8 Å². The van der Waals surface area contributed by atoms with Crippen molar-refractivity contribution in [3.05, 3.63) is 41.4 Å². The molecule has 1 N–H and O–H groups in total. The van der Waals surface area contributed by atoms with Gasteiger partial charge in [-0.25, -0.2) is 9.97 Å². The molecule has 0 aliphatic carbocycles. The first kappa shape index (κ1) is 14.7. The Bertz CT molecular complexity index is 545. The molecule has 0 aromatic carbocycles. The minimum Gasteiger partial charge on any atom is -0.423 e. The molecular weight excluding hydrogens is 276 g/mol. The number of nitrogens with zero attached hydrogens (tertiary/aromatic N) is 3. The Morgan fingerprint density at radius 1 is 1.20 bits per heavy atom. The van der Waals surface area contributed by atoms with Crippen LogP contribution in [0, 0.1) is 5.92 Å². The largest absolute Gasteiger partial charge is 0.423 e. The lowest BCUT2D eigenvalue weighted by molar-refractivity contribution is 0.438. The predicted molar refractivity (Wildman–Crippen MR) is 77.9 cm³/mol. The van der Waals surface area contributed by atoms with E-state index < -0.39 is 0 Å². The lowest BCUT2D eigenvalue weighted by atomic mass is 10.2. The summed E-state index contributed by atoms with van der Waals surface area (Å²) in [6.07, 6.45) is 6.59. The molecule has 2 rings (SSSR count). The van der Waals surface area contributed by atoms with Crippen LogP contribution in [0.3, 0.4) is 0 Å². The van der Waals surface area contributed by atoms with Crippen LogP contribution in [0.4, 0.5) is 0 Å². The van der Waals surface area contributed by atoms with Gasteiger partial charge in [-0.2, -0.15) is 0 Å². The second-order valence-corrected chi connectivity index (χ2v) is 5.28. The number of hydrogen-bond donors (Lipinski definition) is 1. The van der Waals surface area contributed by atoms with Crippen molar-refractivity contribution in [3.8, 4) is 11.8 Å². The van der Waals surface area contributed by atoms with Gasteiger partial charge >= 0.3 is 6.01 Å². The second kappa shape index (κ2) is 7.17. The van der Waals surface area contributed by atoms with E-state index in [9.17, 15) is 0 Å². The van der Waals surface area contributed by atoms with Crippen LogP contribution in [0.25, 0.3) is 0 Å². The lowest BCUT2D eigenvalue weighted by Gasteiger charge is -2.07. The van der Waals surface area contributed by atoms with Gasteiger partial charge in [0.2, 0.25) is 0 Å². The topological polar surface area (TPSA) is 59.9 Å². The van der Waals surface area contributed by atoms with E-state index in [-0.39, 0.29) is 6.01 Å². The molecule has 0 amide bonds. The van der Waals surface area contributed by atoms with E-state index in [2.05, 4.69) is 34.1 Å². The summed E-state index contributed by atoms with van der Waals surface area (Å²) in [6, 6.07) is 1.94. The van der Waals surface area contributed by atoms with Crippen LogP contribution in [0.5, 0.6) is 11.8 Å². The van der Waals surface area contributed by atoms with E-state index in [0.29, 0.717) is 16.7 Å². The molecule has 106 valence electrons. The van der Waals surface area contributed by atoms with Gasteiger partial charge in [-0.15, -0.1) is 0 Å². The smallest absolute Gasteiger partial charge is 0.321 e. The van der Waals surface area contributed by atoms with Crippen molar-refractivity contribution in [2.75, 3.05) is 6.54 Å². The molecule has 0 aliphatic rings. The summed E-state index contributed by atoms with van der Waals surface area (Å²) in [5.74, 6) is 1.14. The van der Waals surface area contributed by atoms with Crippen LogP contribution in [-0.4, -0.2) is 21.5 Å². The fraction of sp³-hybridized carbons (Fsp3) is 0.357. The Morgan fingerprint density at radius 2 is 1.95 bits per heavy atom. The normalized spacial score (nSPS) is 10.8. The Morgan fingerprint density at radius 3 is 2.60 bits per heavy atom. The average Bonchev–Trinajstić information content (AvgIpc) is 2.40. The monoisotopic (exact) mass is 292 g/mol. The van der Waals surface area contributed by atoms with Crippen molar-refractivity contribution in [2.45, 2.75) is 20.4 Å². The van der Waals surface area contributed by atoms with Crippen LogP contribution in [0.15, 0.2) is 30.9 Å². The molecule has 5 nitrogen and oxygen atoms in total. The van der Waals surface area contributed by atoms with Gasteiger partial charge in [-0.3, -0.25) is 4.98 Å². The van der Waals surface area contributed by atoms with E-state index in [1.165, 1.54) is 0 Å². The van der Waals surface area contributed by atoms with Gasteiger partial charge in [0.1, 0.15) is 0 Å². The Kier molecular flexibility index (Phi) is 5.26. The summed E-state index contributed by atoms with van der Waals surface area (Å²) in [7, 11) is 0. The minimum absolute atomic E-state index is 0.279. The molecule has 0 unspecified atom stereocenters. The molecule has 0 saturated carbocycles. The average molecular weight is 293 g/mol. The van der Waals surface area contributed by atoms with Crippen molar-refractivity contribution < 1.29 is 4.74 Å². The van der Waals surface area contributed by atoms with Crippen LogP contribution in [-0.2, 0) is 6.54 Å². The SMILES string of the molecule is CC(C)CNCc1cnc(Oc2cncc(Cl)c2)nc1. The van der Waals surface area contributed by atoms with Crippen LogP contribution >= 0.6 is 11.6 Å². The number of pyridine rings is 1. The zero-order valence-corrected chi connectivity index (χ0v) is 12.3. The molecule has 0 saturated heterocycles. The first-order valence-corrected chi connectivity index (χ1v) is 6.81. The number of hydrogen-bond acceptors (Lipinski definition) is 5. The highest BCUT2D eigenvalue weighted by molar-refractivity contribution is 6.30. The standard InChI is InChI=1S/C14H17ClN4O/c1-10(2)4-16-5-11-6-18-14(19-7-11)20-13-3-12(15)8-17-9-13/h3,6-10,16H,4-5H2,1-2H3. The molecule has 0 aliphatic heterocycles. The quantitative estimate of drug-likeness (QED) is 0.886. The van der Waals surface area contributed by atoms with E-state index in [0.717, 1.165) is 18.7 Å². The van der Waals surface area contributed by atoms with Gasteiger partial charge in [0.15, 0.2) is 5.75 Å². The van der Waals surface area contributed by atoms with Gasteiger partial charge in [0.05, 0.1) is 11.2 Å². The number of nitrogens with one attached hydrogen (secondary N) is 1. The maximum Gasteiger partial charge on any atom is 0.321 e. The number of rotatable bonds is 6. The fourth-order valence-electron chi connectivity index (χ4n) is 1.55. The molecule has 6 heteroatoms. The van der Waals surface area contributed by atoms with Crippen molar-refractivity contribution in [2.24, 2.45) is 5.92 Å². The minimum atomic E-state index is 0.279. The first-order chi connectivity index (χ1) is 9.63. The van der Waals surface area contributed by atoms with Crippen LogP contribution in [0.2, 0.25) is 5.02 Å². The van der Waals surface area contributed by atoms with E-state index in [1.807, 2.05) is 0 Å². The molecule has 0 spiro atoms. The number of ether oxygens (including phenoxy) is 1. The predicted octanol–water partition coefficient (Wildman–Crippen LogP) is 3.06. The highest BCUT2D eigenvalue weighted by Gasteiger charge is 2.02. The Balaban J connectivity index is 1.91. The maximum absolute atomic E-state index is 5.83. The van der Waals surface area contributed by atoms with E-state index in [1.54, 1.807) is 30.9 Å².